The first-order valence-electron chi connectivity index (χ1n) is 4.78. The van der Waals surface area contributed by atoms with Gasteiger partial charge < -0.3 is 5.32 Å². The number of rotatable bonds is 1. The lowest BCUT2D eigenvalue weighted by Gasteiger charge is -2.16. The Labute approximate surface area is 88.1 Å². The number of urea groups is 1. The Bertz CT molecular complexity index is 448. The number of amides is 2. The van der Waals surface area contributed by atoms with E-state index in [1.807, 2.05) is 13.0 Å². The van der Waals surface area contributed by atoms with Crippen molar-refractivity contribution in [2.75, 3.05) is 18.0 Å². The number of nitrogens with zero attached hydrogens (tertiary/aromatic N) is 2. The fourth-order valence-electron chi connectivity index (χ4n) is 1.67. The molecule has 1 aromatic rings. The van der Waals surface area contributed by atoms with Crippen LogP contribution in [-0.4, -0.2) is 19.1 Å². The van der Waals surface area contributed by atoms with Gasteiger partial charge in [-0.15, -0.1) is 0 Å². The Morgan fingerprint density at radius 2 is 2.33 bits per heavy atom. The second-order valence-corrected chi connectivity index (χ2v) is 3.50. The van der Waals surface area contributed by atoms with Gasteiger partial charge in [-0.25, -0.2) is 4.79 Å². The van der Waals surface area contributed by atoms with Crippen molar-refractivity contribution in [3.8, 4) is 6.07 Å². The highest BCUT2D eigenvalue weighted by molar-refractivity contribution is 5.94. The molecule has 4 nitrogen and oxygen atoms in total. The summed E-state index contributed by atoms with van der Waals surface area (Å²) >= 11 is 0. The molecule has 0 spiro atoms. The van der Waals surface area contributed by atoms with Crippen LogP contribution in [0.2, 0.25) is 0 Å². The Balaban J connectivity index is 2.43. The first kappa shape index (κ1) is 9.53. The van der Waals surface area contributed by atoms with Gasteiger partial charge in [0.15, 0.2) is 0 Å². The van der Waals surface area contributed by atoms with Gasteiger partial charge in [0.2, 0.25) is 0 Å². The molecule has 0 saturated carbocycles. The Hall–Kier alpha value is -2.02. The number of anilines is 1. The van der Waals surface area contributed by atoms with Crippen molar-refractivity contribution >= 4 is 11.7 Å². The van der Waals surface area contributed by atoms with Gasteiger partial charge in [-0.3, -0.25) is 4.90 Å². The molecule has 2 amide bonds. The van der Waals surface area contributed by atoms with E-state index in [1.54, 1.807) is 17.0 Å². The number of carbonyl (C=O) groups is 1. The number of nitriles is 1. The van der Waals surface area contributed by atoms with Crippen molar-refractivity contribution < 1.29 is 4.79 Å². The summed E-state index contributed by atoms with van der Waals surface area (Å²) in [7, 11) is 0. The van der Waals surface area contributed by atoms with Crippen LogP contribution in [0.5, 0.6) is 0 Å². The van der Waals surface area contributed by atoms with Crippen molar-refractivity contribution in [3.63, 3.8) is 0 Å². The summed E-state index contributed by atoms with van der Waals surface area (Å²) in [4.78, 5) is 13.1. The zero-order valence-electron chi connectivity index (χ0n) is 8.45. The van der Waals surface area contributed by atoms with Gasteiger partial charge in [-0.1, -0.05) is 6.07 Å². The first-order chi connectivity index (χ1) is 7.22. The zero-order chi connectivity index (χ0) is 10.8. The summed E-state index contributed by atoms with van der Waals surface area (Å²) in [6.45, 7) is 3.26. The Morgan fingerprint density at radius 1 is 1.53 bits per heavy atom. The molecule has 1 aromatic carbocycles. The number of hydrogen-bond acceptors (Lipinski definition) is 2. The van der Waals surface area contributed by atoms with E-state index in [-0.39, 0.29) is 6.03 Å². The van der Waals surface area contributed by atoms with Gasteiger partial charge >= 0.3 is 6.03 Å². The fourth-order valence-corrected chi connectivity index (χ4v) is 1.67. The molecule has 15 heavy (non-hydrogen) atoms. The van der Waals surface area contributed by atoms with E-state index in [9.17, 15) is 4.79 Å². The normalized spacial score (nSPS) is 14.9. The van der Waals surface area contributed by atoms with Crippen LogP contribution in [-0.2, 0) is 0 Å². The lowest BCUT2D eigenvalue weighted by molar-refractivity contribution is 0.252. The van der Waals surface area contributed by atoms with E-state index in [4.69, 9.17) is 5.26 Å². The van der Waals surface area contributed by atoms with Crippen LogP contribution in [0.15, 0.2) is 18.2 Å². The third kappa shape index (κ3) is 1.64. The van der Waals surface area contributed by atoms with Crippen molar-refractivity contribution in [1.82, 2.24) is 5.32 Å². The summed E-state index contributed by atoms with van der Waals surface area (Å²) in [6.07, 6.45) is 0. The predicted molar refractivity (Wildman–Crippen MR) is 56.6 cm³/mol. The maximum atomic E-state index is 11.5. The second kappa shape index (κ2) is 3.62. The molecule has 1 aliphatic heterocycles. The number of hydrogen-bond donors (Lipinski definition) is 1. The summed E-state index contributed by atoms with van der Waals surface area (Å²) in [5, 5.41) is 11.5. The molecule has 2 rings (SSSR count). The maximum Gasteiger partial charge on any atom is 0.322 e. The van der Waals surface area contributed by atoms with Crippen LogP contribution in [0.3, 0.4) is 0 Å². The van der Waals surface area contributed by atoms with Crippen molar-refractivity contribution in [2.45, 2.75) is 6.92 Å². The lowest BCUT2D eigenvalue weighted by Crippen LogP contribution is -2.28. The molecule has 0 aromatic heterocycles. The van der Waals surface area contributed by atoms with Gasteiger partial charge in [-0.2, -0.15) is 5.26 Å². The lowest BCUT2D eigenvalue weighted by atomic mass is 10.1. The molecule has 0 unspecified atom stereocenters. The molecule has 1 fully saturated rings. The number of aryl methyl sites for hydroxylation is 1. The van der Waals surface area contributed by atoms with Crippen LogP contribution < -0.4 is 10.2 Å². The standard InChI is InChI=1S/C11H11N3O/c1-8-2-3-9(7-12)6-10(8)14-5-4-13-11(14)15/h2-3,6H,4-5H2,1H3,(H,13,15). The van der Waals surface area contributed by atoms with Gasteiger partial charge in [-0.05, 0) is 24.6 Å². The molecule has 1 N–H and O–H groups in total. The largest absolute Gasteiger partial charge is 0.336 e. The van der Waals surface area contributed by atoms with Crippen LogP contribution in [0, 0.1) is 18.3 Å². The molecular weight excluding hydrogens is 190 g/mol. The predicted octanol–water partition coefficient (Wildman–Crippen LogP) is 1.40. The van der Waals surface area contributed by atoms with E-state index < -0.39 is 0 Å². The van der Waals surface area contributed by atoms with Crippen molar-refractivity contribution in [1.29, 1.82) is 5.26 Å². The topological polar surface area (TPSA) is 56.1 Å². The first-order valence-corrected chi connectivity index (χ1v) is 4.78. The average molecular weight is 201 g/mol. The number of nitrogens with one attached hydrogen (secondary N) is 1. The average Bonchev–Trinajstić information content (AvgIpc) is 2.65. The number of benzene rings is 1. The van der Waals surface area contributed by atoms with E-state index in [0.717, 1.165) is 11.3 Å². The minimum Gasteiger partial charge on any atom is -0.336 e. The third-order valence-electron chi connectivity index (χ3n) is 2.49. The van der Waals surface area contributed by atoms with Crippen molar-refractivity contribution in [2.24, 2.45) is 0 Å². The van der Waals surface area contributed by atoms with E-state index in [2.05, 4.69) is 11.4 Å². The minimum absolute atomic E-state index is 0.0896. The highest BCUT2D eigenvalue weighted by atomic mass is 16.2. The fraction of sp³-hybridized carbons (Fsp3) is 0.273. The maximum absolute atomic E-state index is 11.5. The van der Waals surface area contributed by atoms with Gasteiger partial charge in [0.05, 0.1) is 11.6 Å². The Kier molecular flexibility index (Phi) is 2.30. The monoisotopic (exact) mass is 201 g/mol. The van der Waals surface area contributed by atoms with E-state index in [1.165, 1.54) is 0 Å². The molecule has 4 heteroatoms. The van der Waals surface area contributed by atoms with Crippen LogP contribution in [0.4, 0.5) is 10.5 Å². The van der Waals surface area contributed by atoms with Crippen LogP contribution >= 0.6 is 0 Å². The quantitative estimate of drug-likeness (QED) is 0.746. The molecular formula is C11H11N3O. The molecule has 1 saturated heterocycles. The zero-order valence-corrected chi connectivity index (χ0v) is 8.45. The van der Waals surface area contributed by atoms with E-state index >= 15 is 0 Å². The smallest absolute Gasteiger partial charge is 0.322 e. The number of carbonyl (C=O) groups excluding carboxylic acids is 1. The van der Waals surface area contributed by atoms with Crippen LogP contribution in [0.1, 0.15) is 11.1 Å². The third-order valence-corrected chi connectivity index (χ3v) is 2.49. The summed E-state index contributed by atoms with van der Waals surface area (Å²) in [5.41, 5.74) is 2.41. The molecule has 0 radical (unpaired) electrons. The van der Waals surface area contributed by atoms with Crippen LogP contribution in [0.25, 0.3) is 0 Å². The molecule has 0 bridgehead atoms. The summed E-state index contributed by atoms with van der Waals surface area (Å²) in [5.74, 6) is 0. The van der Waals surface area contributed by atoms with Gasteiger partial charge in [0.1, 0.15) is 0 Å². The Morgan fingerprint density at radius 3 is 2.93 bits per heavy atom. The highest BCUT2D eigenvalue weighted by Crippen LogP contribution is 2.22. The molecule has 0 aliphatic carbocycles. The minimum atomic E-state index is -0.0896. The second-order valence-electron chi connectivity index (χ2n) is 3.50. The molecule has 76 valence electrons. The van der Waals surface area contributed by atoms with Crippen molar-refractivity contribution in [3.05, 3.63) is 29.3 Å². The molecule has 1 heterocycles. The SMILES string of the molecule is Cc1ccc(C#N)cc1N1CCNC1=O. The summed E-state index contributed by atoms with van der Waals surface area (Å²) < 4.78 is 0. The van der Waals surface area contributed by atoms with E-state index in [0.29, 0.717) is 18.7 Å². The van der Waals surface area contributed by atoms with Gasteiger partial charge in [0, 0.05) is 18.8 Å². The molecule has 0 atom stereocenters. The highest BCUT2D eigenvalue weighted by Gasteiger charge is 2.22. The molecule has 1 aliphatic rings. The van der Waals surface area contributed by atoms with Gasteiger partial charge in [0.25, 0.3) is 0 Å². The summed E-state index contributed by atoms with van der Waals surface area (Å²) in [6, 6.07) is 7.35.